The Hall–Kier alpha value is -1.82. The minimum Gasteiger partial charge on any atom is -0.370 e. The van der Waals surface area contributed by atoms with Gasteiger partial charge in [-0.2, -0.15) is 0 Å². The third-order valence-electron chi connectivity index (χ3n) is 2.10. The number of rotatable bonds is 4. The summed E-state index contributed by atoms with van der Waals surface area (Å²) in [6.07, 6.45) is 0. The highest BCUT2D eigenvalue weighted by Gasteiger charge is 2.09. The van der Waals surface area contributed by atoms with Crippen molar-refractivity contribution in [2.24, 2.45) is 10.7 Å². The first kappa shape index (κ1) is 14.2. The van der Waals surface area contributed by atoms with Crippen molar-refractivity contribution < 1.29 is 4.92 Å². The van der Waals surface area contributed by atoms with Crippen LogP contribution in [-0.4, -0.2) is 16.9 Å². The van der Waals surface area contributed by atoms with E-state index in [0.717, 1.165) is 0 Å². The van der Waals surface area contributed by atoms with Crippen molar-refractivity contribution in [1.29, 1.82) is 0 Å². The van der Waals surface area contributed by atoms with E-state index in [1.54, 1.807) is 0 Å². The summed E-state index contributed by atoms with van der Waals surface area (Å²) >= 11 is 5.94. The molecule has 98 valence electrons. The Morgan fingerprint density at radius 2 is 2.28 bits per heavy atom. The second-order valence-electron chi connectivity index (χ2n) is 4.03. The maximum atomic E-state index is 10.6. The van der Waals surface area contributed by atoms with E-state index >= 15 is 0 Å². The molecular formula is C11H15ClN4O2. The van der Waals surface area contributed by atoms with Crippen molar-refractivity contribution in [3.05, 3.63) is 38.9 Å². The van der Waals surface area contributed by atoms with Crippen molar-refractivity contribution in [1.82, 2.24) is 5.32 Å². The van der Waals surface area contributed by atoms with Crippen LogP contribution in [0.15, 0.2) is 23.2 Å². The number of nitrogens with one attached hydrogen (secondary N) is 1. The second kappa shape index (κ2) is 6.20. The minimum atomic E-state index is -0.473. The van der Waals surface area contributed by atoms with Gasteiger partial charge in [0.05, 0.1) is 11.5 Å². The van der Waals surface area contributed by atoms with Crippen LogP contribution in [0, 0.1) is 10.1 Å². The number of halogens is 1. The van der Waals surface area contributed by atoms with Crippen LogP contribution in [0.2, 0.25) is 5.02 Å². The Morgan fingerprint density at radius 3 is 2.83 bits per heavy atom. The SMILES string of the molecule is CC(C)NC(N)=NCc1cc([N+](=O)[O-])ccc1Cl. The van der Waals surface area contributed by atoms with Crippen LogP contribution >= 0.6 is 11.6 Å². The van der Waals surface area contributed by atoms with Gasteiger partial charge in [0.2, 0.25) is 0 Å². The number of hydrogen-bond donors (Lipinski definition) is 2. The van der Waals surface area contributed by atoms with E-state index in [9.17, 15) is 10.1 Å². The van der Waals surface area contributed by atoms with Gasteiger partial charge in [-0.1, -0.05) is 11.6 Å². The predicted octanol–water partition coefficient (Wildman–Crippen LogP) is 2.06. The molecule has 0 aliphatic rings. The van der Waals surface area contributed by atoms with Crippen LogP contribution in [-0.2, 0) is 6.54 Å². The first-order chi connectivity index (χ1) is 8.40. The Kier molecular flexibility index (Phi) is 4.91. The zero-order valence-corrected chi connectivity index (χ0v) is 10.9. The van der Waals surface area contributed by atoms with Crippen LogP contribution in [0.5, 0.6) is 0 Å². The minimum absolute atomic E-state index is 0.0139. The molecule has 3 N–H and O–H groups in total. The average Bonchev–Trinajstić information content (AvgIpc) is 2.26. The number of nitrogens with zero attached hydrogens (tertiary/aromatic N) is 2. The van der Waals surface area contributed by atoms with Gasteiger partial charge in [0.15, 0.2) is 5.96 Å². The summed E-state index contributed by atoms with van der Waals surface area (Å²) in [5.74, 6) is 0.285. The van der Waals surface area contributed by atoms with E-state index < -0.39 is 4.92 Å². The summed E-state index contributed by atoms with van der Waals surface area (Å²) < 4.78 is 0. The molecule has 0 atom stereocenters. The van der Waals surface area contributed by atoms with Gasteiger partial charge < -0.3 is 11.1 Å². The van der Waals surface area contributed by atoms with Gasteiger partial charge in [0, 0.05) is 23.2 Å². The molecule has 1 aromatic carbocycles. The zero-order chi connectivity index (χ0) is 13.7. The number of hydrogen-bond acceptors (Lipinski definition) is 3. The van der Waals surface area contributed by atoms with Crippen LogP contribution in [0.1, 0.15) is 19.4 Å². The standard InChI is InChI=1S/C11H15ClN4O2/c1-7(2)15-11(13)14-6-8-5-9(16(17)18)3-4-10(8)12/h3-5,7H,6H2,1-2H3,(H3,13,14,15). The fourth-order valence-corrected chi connectivity index (χ4v) is 1.48. The lowest BCUT2D eigenvalue weighted by Crippen LogP contribution is -2.36. The molecule has 0 bridgehead atoms. The molecule has 0 aliphatic heterocycles. The van der Waals surface area contributed by atoms with Gasteiger partial charge >= 0.3 is 0 Å². The summed E-state index contributed by atoms with van der Waals surface area (Å²) in [4.78, 5) is 14.2. The van der Waals surface area contributed by atoms with Crippen molar-refractivity contribution in [2.75, 3.05) is 0 Å². The Morgan fingerprint density at radius 1 is 1.61 bits per heavy atom. The smallest absolute Gasteiger partial charge is 0.269 e. The average molecular weight is 271 g/mol. The number of guanidine groups is 1. The molecule has 0 saturated carbocycles. The molecule has 1 rings (SSSR count). The lowest BCUT2D eigenvalue weighted by molar-refractivity contribution is -0.384. The Bertz CT molecular complexity index is 474. The van der Waals surface area contributed by atoms with E-state index in [0.29, 0.717) is 10.6 Å². The first-order valence-corrected chi connectivity index (χ1v) is 5.77. The van der Waals surface area contributed by atoms with Crippen LogP contribution < -0.4 is 11.1 Å². The largest absolute Gasteiger partial charge is 0.370 e. The van der Waals surface area contributed by atoms with E-state index in [2.05, 4.69) is 10.3 Å². The second-order valence-corrected chi connectivity index (χ2v) is 4.44. The molecule has 0 fully saturated rings. The number of non-ortho nitro benzene ring substituents is 1. The third kappa shape index (κ3) is 4.21. The number of nitrogens with two attached hydrogens (primary N) is 1. The highest BCUT2D eigenvalue weighted by molar-refractivity contribution is 6.31. The molecule has 0 saturated heterocycles. The van der Waals surface area contributed by atoms with Crippen molar-refractivity contribution in [3.63, 3.8) is 0 Å². The molecule has 0 spiro atoms. The van der Waals surface area contributed by atoms with Gasteiger partial charge in [0.1, 0.15) is 0 Å². The molecule has 1 aromatic rings. The van der Waals surface area contributed by atoms with Crippen LogP contribution in [0.4, 0.5) is 5.69 Å². The number of nitro groups is 1. The van der Waals surface area contributed by atoms with Gasteiger partial charge in [-0.15, -0.1) is 0 Å². The molecule has 18 heavy (non-hydrogen) atoms. The van der Waals surface area contributed by atoms with Gasteiger partial charge in [-0.05, 0) is 25.5 Å². The lowest BCUT2D eigenvalue weighted by atomic mass is 10.2. The summed E-state index contributed by atoms with van der Waals surface area (Å²) in [6, 6.07) is 4.41. The van der Waals surface area contributed by atoms with Crippen molar-refractivity contribution >= 4 is 23.2 Å². The van der Waals surface area contributed by atoms with E-state index in [-0.39, 0.29) is 24.2 Å². The van der Waals surface area contributed by atoms with Crippen molar-refractivity contribution in [2.45, 2.75) is 26.4 Å². The summed E-state index contributed by atoms with van der Waals surface area (Å²) in [6.45, 7) is 4.07. The highest BCUT2D eigenvalue weighted by Crippen LogP contribution is 2.22. The summed E-state index contributed by atoms with van der Waals surface area (Å²) in [7, 11) is 0. The van der Waals surface area contributed by atoms with E-state index in [4.69, 9.17) is 17.3 Å². The lowest BCUT2D eigenvalue weighted by Gasteiger charge is -2.08. The quantitative estimate of drug-likeness (QED) is 0.379. The molecule has 0 unspecified atom stereocenters. The fourth-order valence-electron chi connectivity index (χ4n) is 1.31. The third-order valence-corrected chi connectivity index (χ3v) is 2.47. The maximum absolute atomic E-state index is 10.6. The molecule has 0 aliphatic carbocycles. The van der Waals surface area contributed by atoms with Gasteiger partial charge in [-0.3, -0.25) is 10.1 Å². The topological polar surface area (TPSA) is 93.5 Å². The molecule has 6 nitrogen and oxygen atoms in total. The zero-order valence-electron chi connectivity index (χ0n) is 10.2. The number of benzene rings is 1. The highest BCUT2D eigenvalue weighted by atomic mass is 35.5. The predicted molar refractivity (Wildman–Crippen MR) is 71.7 cm³/mol. The van der Waals surface area contributed by atoms with E-state index in [1.807, 2.05) is 13.8 Å². The molecule has 0 heterocycles. The normalized spacial score (nSPS) is 11.7. The molecular weight excluding hydrogens is 256 g/mol. The van der Waals surface area contributed by atoms with E-state index in [1.165, 1.54) is 18.2 Å². The Labute approximate surface area is 110 Å². The van der Waals surface area contributed by atoms with Crippen LogP contribution in [0.25, 0.3) is 0 Å². The monoisotopic (exact) mass is 270 g/mol. The number of nitro benzene ring substituents is 1. The molecule has 0 amide bonds. The van der Waals surface area contributed by atoms with Crippen LogP contribution in [0.3, 0.4) is 0 Å². The van der Waals surface area contributed by atoms with Crippen molar-refractivity contribution in [3.8, 4) is 0 Å². The van der Waals surface area contributed by atoms with Gasteiger partial charge in [0.25, 0.3) is 5.69 Å². The molecule has 0 aromatic heterocycles. The van der Waals surface area contributed by atoms with Gasteiger partial charge in [-0.25, -0.2) is 4.99 Å². The molecule has 0 radical (unpaired) electrons. The molecule has 7 heteroatoms. The first-order valence-electron chi connectivity index (χ1n) is 5.39. The maximum Gasteiger partial charge on any atom is 0.269 e. The Balaban J connectivity index is 2.84. The number of aliphatic imine (C=N–C) groups is 1. The summed E-state index contributed by atoms with van der Waals surface area (Å²) in [5.41, 5.74) is 6.19. The summed E-state index contributed by atoms with van der Waals surface area (Å²) in [5, 5.41) is 14.0. The fraction of sp³-hybridized carbons (Fsp3) is 0.364.